The first kappa shape index (κ1) is 20.4. The SMILES string of the molecule is O=C(COC(=O)c1ccc2nc(Cl)ccc2c1)Nc1ccc(OC(F)(F)F)cc1. The van der Waals surface area contributed by atoms with E-state index in [9.17, 15) is 22.8 Å². The third-order valence-electron chi connectivity index (χ3n) is 3.60. The largest absolute Gasteiger partial charge is 0.573 e. The molecular weight excluding hydrogens is 413 g/mol. The fourth-order valence-electron chi connectivity index (χ4n) is 2.38. The van der Waals surface area contributed by atoms with Crippen molar-refractivity contribution in [3.05, 3.63) is 65.3 Å². The number of halogens is 4. The summed E-state index contributed by atoms with van der Waals surface area (Å²) in [4.78, 5) is 28.1. The lowest BCUT2D eigenvalue weighted by molar-refractivity contribution is -0.274. The summed E-state index contributed by atoms with van der Waals surface area (Å²) in [6.45, 7) is -0.573. The Morgan fingerprint density at radius 1 is 1.03 bits per heavy atom. The van der Waals surface area contributed by atoms with Gasteiger partial charge >= 0.3 is 12.3 Å². The number of nitrogens with one attached hydrogen (secondary N) is 1. The maximum Gasteiger partial charge on any atom is 0.573 e. The van der Waals surface area contributed by atoms with Gasteiger partial charge in [0.25, 0.3) is 5.91 Å². The zero-order valence-electron chi connectivity index (χ0n) is 14.5. The molecule has 0 aliphatic carbocycles. The molecule has 1 N–H and O–H groups in total. The molecule has 0 bridgehead atoms. The van der Waals surface area contributed by atoms with E-state index < -0.39 is 30.6 Å². The molecule has 29 heavy (non-hydrogen) atoms. The van der Waals surface area contributed by atoms with Crippen LogP contribution in [0.15, 0.2) is 54.6 Å². The number of anilines is 1. The van der Waals surface area contributed by atoms with Crippen molar-refractivity contribution in [1.82, 2.24) is 4.98 Å². The lowest BCUT2D eigenvalue weighted by Gasteiger charge is -2.10. The normalized spacial score (nSPS) is 11.2. The molecule has 2 aromatic carbocycles. The van der Waals surface area contributed by atoms with Gasteiger partial charge in [-0.05, 0) is 54.6 Å². The fourth-order valence-corrected chi connectivity index (χ4v) is 2.53. The van der Waals surface area contributed by atoms with Crippen LogP contribution in [-0.4, -0.2) is 29.8 Å². The molecule has 0 fully saturated rings. The molecule has 0 aliphatic heterocycles. The van der Waals surface area contributed by atoms with Gasteiger partial charge in [0.05, 0.1) is 11.1 Å². The molecule has 10 heteroatoms. The second-order valence-electron chi connectivity index (χ2n) is 5.74. The number of hydrogen-bond acceptors (Lipinski definition) is 5. The summed E-state index contributed by atoms with van der Waals surface area (Å²) < 4.78 is 45.1. The Morgan fingerprint density at radius 2 is 1.76 bits per heavy atom. The number of benzene rings is 2. The molecule has 0 saturated heterocycles. The summed E-state index contributed by atoms with van der Waals surface area (Å²) in [6.07, 6.45) is -4.80. The number of carbonyl (C=O) groups excluding carboxylic acids is 2. The standard InChI is InChI=1S/C19H12ClF3N2O4/c20-16-8-2-11-9-12(1-7-15(11)25-16)18(27)28-10-17(26)24-13-3-5-14(6-4-13)29-19(21,22)23/h1-9H,10H2,(H,24,26). The molecule has 1 heterocycles. The van der Waals surface area contributed by atoms with Gasteiger partial charge in [0, 0.05) is 11.1 Å². The number of esters is 1. The number of nitrogens with zero attached hydrogens (tertiary/aromatic N) is 1. The van der Waals surface area contributed by atoms with Crippen molar-refractivity contribution in [2.45, 2.75) is 6.36 Å². The van der Waals surface area contributed by atoms with Gasteiger partial charge in [0.1, 0.15) is 10.9 Å². The fraction of sp³-hybridized carbons (Fsp3) is 0.105. The Bertz CT molecular complexity index is 1060. The summed E-state index contributed by atoms with van der Waals surface area (Å²) in [7, 11) is 0. The molecule has 0 saturated carbocycles. The van der Waals surface area contributed by atoms with Crippen LogP contribution in [-0.2, 0) is 9.53 Å². The van der Waals surface area contributed by atoms with Crippen molar-refractivity contribution in [3.8, 4) is 5.75 Å². The number of carbonyl (C=O) groups is 2. The summed E-state index contributed by atoms with van der Waals surface area (Å²) in [5, 5.41) is 3.39. The van der Waals surface area contributed by atoms with Crippen molar-refractivity contribution in [3.63, 3.8) is 0 Å². The second-order valence-corrected chi connectivity index (χ2v) is 6.13. The van der Waals surface area contributed by atoms with Gasteiger partial charge in [-0.15, -0.1) is 13.2 Å². The van der Waals surface area contributed by atoms with Gasteiger partial charge in [-0.25, -0.2) is 9.78 Å². The Labute approximate surface area is 167 Å². The molecule has 1 aromatic heterocycles. The van der Waals surface area contributed by atoms with Crippen molar-refractivity contribution < 1.29 is 32.2 Å². The van der Waals surface area contributed by atoms with Crippen LogP contribution in [0.4, 0.5) is 18.9 Å². The van der Waals surface area contributed by atoms with Crippen LogP contribution in [0.25, 0.3) is 10.9 Å². The number of rotatable bonds is 5. The van der Waals surface area contributed by atoms with E-state index in [0.717, 1.165) is 12.1 Å². The minimum Gasteiger partial charge on any atom is -0.452 e. The lowest BCUT2D eigenvalue weighted by Crippen LogP contribution is -2.21. The number of pyridine rings is 1. The van der Waals surface area contributed by atoms with Crippen LogP contribution in [0.3, 0.4) is 0 Å². The number of ether oxygens (including phenoxy) is 2. The highest BCUT2D eigenvalue weighted by Gasteiger charge is 2.30. The minimum absolute atomic E-state index is 0.217. The van der Waals surface area contributed by atoms with Crippen LogP contribution in [0.1, 0.15) is 10.4 Å². The molecule has 0 unspecified atom stereocenters. The van der Waals surface area contributed by atoms with Crippen LogP contribution in [0.2, 0.25) is 5.15 Å². The maximum absolute atomic E-state index is 12.1. The number of alkyl halides is 3. The van der Waals surface area contributed by atoms with Crippen LogP contribution in [0, 0.1) is 0 Å². The lowest BCUT2D eigenvalue weighted by atomic mass is 10.1. The van der Waals surface area contributed by atoms with Gasteiger partial charge in [-0.3, -0.25) is 4.79 Å². The molecule has 1 amide bonds. The highest BCUT2D eigenvalue weighted by Crippen LogP contribution is 2.24. The van der Waals surface area contributed by atoms with E-state index in [4.69, 9.17) is 16.3 Å². The predicted molar refractivity (Wildman–Crippen MR) is 98.8 cm³/mol. The monoisotopic (exact) mass is 424 g/mol. The van der Waals surface area contributed by atoms with E-state index in [2.05, 4.69) is 15.0 Å². The van der Waals surface area contributed by atoms with Gasteiger partial charge in [-0.1, -0.05) is 11.6 Å². The van der Waals surface area contributed by atoms with Gasteiger partial charge < -0.3 is 14.8 Å². The molecule has 0 spiro atoms. The number of aromatic nitrogens is 1. The van der Waals surface area contributed by atoms with Crippen LogP contribution >= 0.6 is 11.6 Å². The minimum atomic E-state index is -4.80. The number of amides is 1. The third-order valence-corrected chi connectivity index (χ3v) is 3.81. The summed E-state index contributed by atoms with van der Waals surface area (Å²) in [5.74, 6) is -1.79. The Morgan fingerprint density at radius 3 is 2.45 bits per heavy atom. The molecule has 0 radical (unpaired) electrons. The highest BCUT2D eigenvalue weighted by molar-refractivity contribution is 6.29. The highest BCUT2D eigenvalue weighted by atomic mass is 35.5. The molecule has 3 aromatic rings. The molecule has 6 nitrogen and oxygen atoms in total. The summed E-state index contributed by atoms with van der Waals surface area (Å²) in [6, 6.07) is 12.5. The third kappa shape index (κ3) is 5.82. The van der Waals surface area contributed by atoms with Crippen LogP contribution < -0.4 is 10.1 Å². The maximum atomic E-state index is 12.1. The van der Waals surface area contributed by atoms with E-state index in [1.54, 1.807) is 24.3 Å². The number of fused-ring (bicyclic) bond motifs is 1. The predicted octanol–water partition coefficient (Wildman–Crippen LogP) is 4.58. The van der Waals surface area contributed by atoms with Crippen molar-refractivity contribution in [2.75, 3.05) is 11.9 Å². The van der Waals surface area contributed by atoms with Crippen LogP contribution in [0.5, 0.6) is 5.75 Å². The first-order valence-electron chi connectivity index (χ1n) is 8.09. The molecule has 0 aliphatic rings. The van der Waals surface area contributed by atoms with E-state index >= 15 is 0 Å². The van der Waals surface area contributed by atoms with Gasteiger partial charge in [-0.2, -0.15) is 0 Å². The average Bonchev–Trinajstić information content (AvgIpc) is 2.66. The molecule has 0 atom stereocenters. The quantitative estimate of drug-likeness (QED) is 0.479. The average molecular weight is 425 g/mol. The molecular formula is C19H12ClF3N2O4. The van der Waals surface area contributed by atoms with E-state index in [1.165, 1.54) is 18.2 Å². The van der Waals surface area contributed by atoms with Crippen molar-refractivity contribution in [1.29, 1.82) is 0 Å². The summed E-state index contributed by atoms with van der Waals surface area (Å²) in [5.41, 5.74) is 1.04. The first-order chi connectivity index (χ1) is 13.7. The summed E-state index contributed by atoms with van der Waals surface area (Å²) >= 11 is 5.80. The zero-order chi connectivity index (χ0) is 21.0. The van der Waals surface area contributed by atoms with Gasteiger partial charge in [0.2, 0.25) is 0 Å². The second kappa shape index (κ2) is 8.36. The van der Waals surface area contributed by atoms with Gasteiger partial charge in [0.15, 0.2) is 6.61 Å². The van der Waals surface area contributed by atoms with E-state index in [1.807, 2.05) is 0 Å². The Balaban J connectivity index is 1.55. The Kier molecular flexibility index (Phi) is 5.88. The van der Waals surface area contributed by atoms with Crippen molar-refractivity contribution in [2.24, 2.45) is 0 Å². The zero-order valence-corrected chi connectivity index (χ0v) is 15.3. The first-order valence-corrected chi connectivity index (χ1v) is 8.46. The van der Waals surface area contributed by atoms with E-state index in [-0.39, 0.29) is 11.3 Å². The topological polar surface area (TPSA) is 77.5 Å². The smallest absolute Gasteiger partial charge is 0.452 e. The van der Waals surface area contributed by atoms with E-state index in [0.29, 0.717) is 16.1 Å². The van der Waals surface area contributed by atoms with Crippen molar-refractivity contribution >= 4 is 40.1 Å². The molecule has 150 valence electrons. The number of hydrogen-bond donors (Lipinski definition) is 1. The molecule has 3 rings (SSSR count). The Hall–Kier alpha value is -3.33.